The van der Waals surface area contributed by atoms with E-state index in [1.54, 1.807) is 24.4 Å². The lowest BCUT2D eigenvalue weighted by atomic mass is 10.2. The number of pyridine rings is 1. The maximum atomic E-state index is 12.7. The second kappa shape index (κ2) is 5.71. The van der Waals surface area contributed by atoms with E-state index in [0.717, 1.165) is 5.39 Å². The Hall–Kier alpha value is -3.19. The van der Waals surface area contributed by atoms with Crippen LogP contribution in [0.2, 0.25) is 0 Å². The fourth-order valence-electron chi connectivity index (χ4n) is 2.61. The molecule has 0 unspecified atom stereocenters. The molecule has 0 atom stereocenters. The van der Waals surface area contributed by atoms with Gasteiger partial charge in [0.1, 0.15) is 5.58 Å². The van der Waals surface area contributed by atoms with Crippen LogP contribution in [0.25, 0.3) is 21.9 Å². The summed E-state index contributed by atoms with van der Waals surface area (Å²) in [6, 6.07) is 16.0. The summed E-state index contributed by atoms with van der Waals surface area (Å²) in [7, 11) is -3.82. The van der Waals surface area contributed by atoms with Gasteiger partial charge in [-0.1, -0.05) is 18.2 Å². The molecule has 0 aliphatic carbocycles. The van der Waals surface area contributed by atoms with E-state index in [-0.39, 0.29) is 4.90 Å². The number of sulfonamides is 1. The molecule has 0 saturated heterocycles. The molecular formula is C18H12N2O4S. The molecule has 0 fully saturated rings. The Morgan fingerprint density at radius 1 is 0.920 bits per heavy atom. The minimum Gasteiger partial charge on any atom is -0.423 e. The van der Waals surface area contributed by atoms with Gasteiger partial charge in [0.05, 0.1) is 16.1 Å². The molecule has 2 aromatic heterocycles. The first-order valence-corrected chi connectivity index (χ1v) is 8.92. The van der Waals surface area contributed by atoms with E-state index in [1.165, 1.54) is 30.3 Å². The number of anilines is 1. The Bertz CT molecular complexity index is 1260. The van der Waals surface area contributed by atoms with Crippen molar-refractivity contribution in [2.24, 2.45) is 0 Å². The lowest BCUT2D eigenvalue weighted by Gasteiger charge is -2.10. The van der Waals surface area contributed by atoms with Crippen molar-refractivity contribution < 1.29 is 12.8 Å². The van der Waals surface area contributed by atoms with E-state index in [2.05, 4.69) is 9.71 Å². The van der Waals surface area contributed by atoms with Crippen molar-refractivity contribution in [1.29, 1.82) is 0 Å². The van der Waals surface area contributed by atoms with Gasteiger partial charge in [0.2, 0.25) is 0 Å². The summed E-state index contributed by atoms with van der Waals surface area (Å²) in [6.07, 6.45) is 1.61. The molecule has 0 aliphatic heterocycles. The van der Waals surface area contributed by atoms with Crippen LogP contribution in [0.4, 0.5) is 5.69 Å². The molecule has 25 heavy (non-hydrogen) atoms. The Morgan fingerprint density at radius 3 is 2.64 bits per heavy atom. The van der Waals surface area contributed by atoms with Crippen molar-refractivity contribution in [2.75, 3.05) is 4.72 Å². The van der Waals surface area contributed by atoms with Crippen molar-refractivity contribution in [1.82, 2.24) is 4.98 Å². The van der Waals surface area contributed by atoms with Gasteiger partial charge in [-0.05, 0) is 36.4 Å². The standard InChI is InChI=1S/C18H12N2O4S/c21-17-9-6-13-11-14(7-8-16(13)24-17)25(22,23)20-15-5-1-3-12-4-2-10-19-18(12)15/h1-11,20H. The molecule has 0 radical (unpaired) electrons. The molecule has 6 nitrogen and oxygen atoms in total. The van der Waals surface area contributed by atoms with Crippen LogP contribution in [0.15, 0.2) is 81.0 Å². The molecule has 2 aromatic carbocycles. The van der Waals surface area contributed by atoms with E-state index in [4.69, 9.17) is 4.42 Å². The topological polar surface area (TPSA) is 89.3 Å². The number of fused-ring (bicyclic) bond motifs is 2. The number of nitrogens with one attached hydrogen (secondary N) is 1. The van der Waals surface area contributed by atoms with Gasteiger partial charge in [0.15, 0.2) is 0 Å². The van der Waals surface area contributed by atoms with E-state index >= 15 is 0 Å². The Kier molecular flexibility index (Phi) is 3.51. The molecule has 124 valence electrons. The van der Waals surface area contributed by atoms with Gasteiger partial charge in [-0.3, -0.25) is 9.71 Å². The van der Waals surface area contributed by atoms with E-state index in [1.807, 2.05) is 12.1 Å². The molecule has 2 heterocycles. The lowest BCUT2D eigenvalue weighted by Crippen LogP contribution is -2.13. The molecule has 0 bridgehead atoms. The lowest BCUT2D eigenvalue weighted by molar-refractivity contribution is 0.560. The van der Waals surface area contributed by atoms with Crippen LogP contribution < -0.4 is 10.3 Å². The normalized spacial score (nSPS) is 11.7. The number of nitrogens with zero attached hydrogens (tertiary/aromatic N) is 1. The largest absolute Gasteiger partial charge is 0.423 e. The highest BCUT2D eigenvalue weighted by Gasteiger charge is 2.17. The van der Waals surface area contributed by atoms with Crippen LogP contribution >= 0.6 is 0 Å². The van der Waals surface area contributed by atoms with Gasteiger partial charge >= 0.3 is 5.63 Å². The molecular weight excluding hydrogens is 340 g/mol. The van der Waals surface area contributed by atoms with Gasteiger partial charge in [0.25, 0.3) is 10.0 Å². The first kappa shape index (κ1) is 15.3. The maximum absolute atomic E-state index is 12.7. The van der Waals surface area contributed by atoms with Gasteiger partial charge in [-0.2, -0.15) is 0 Å². The summed E-state index contributed by atoms with van der Waals surface area (Å²) in [4.78, 5) is 15.5. The summed E-state index contributed by atoms with van der Waals surface area (Å²) in [5, 5.41) is 1.36. The zero-order chi connectivity index (χ0) is 17.4. The van der Waals surface area contributed by atoms with Crippen LogP contribution in [-0.2, 0) is 10.0 Å². The predicted molar refractivity (Wildman–Crippen MR) is 95.0 cm³/mol. The highest BCUT2D eigenvalue weighted by molar-refractivity contribution is 7.92. The Balaban J connectivity index is 1.79. The van der Waals surface area contributed by atoms with Crippen LogP contribution in [0.5, 0.6) is 0 Å². The number of hydrogen-bond donors (Lipinski definition) is 1. The average Bonchev–Trinajstić information content (AvgIpc) is 2.61. The van der Waals surface area contributed by atoms with Crippen LogP contribution in [0.1, 0.15) is 0 Å². The van der Waals surface area contributed by atoms with Gasteiger partial charge in [0, 0.05) is 23.0 Å². The van der Waals surface area contributed by atoms with Crippen LogP contribution in [0, 0.1) is 0 Å². The fourth-order valence-corrected chi connectivity index (χ4v) is 3.71. The molecule has 7 heteroatoms. The van der Waals surface area contributed by atoms with Crippen molar-refractivity contribution in [3.05, 3.63) is 77.3 Å². The smallest absolute Gasteiger partial charge is 0.336 e. The second-order valence-electron chi connectivity index (χ2n) is 5.44. The summed E-state index contributed by atoms with van der Waals surface area (Å²) in [6.45, 7) is 0. The molecule has 1 N–H and O–H groups in total. The third kappa shape index (κ3) is 2.85. The number of aromatic nitrogens is 1. The summed E-state index contributed by atoms with van der Waals surface area (Å²) in [5.74, 6) is 0. The highest BCUT2D eigenvalue weighted by atomic mass is 32.2. The van der Waals surface area contributed by atoms with Crippen LogP contribution in [-0.4, -0.2) is 13.4 Å². The van der Waals surface area contributed by atoms with Gasteiger partial charge in [-0.15, -0.1) is 0 Å². The summed E-state index contributed by atoms with van der Waals surface area (Å²) in [5.41, 5.74) is 0.819. The van der Waals surface area contributed by atoms with Crippen molar-refractivity contribution in [3.8, 4) is 0 Å². The summed E-state index contributed by atoms with van der Waals surface area (Å²) >= 11 is 0. The third-order valence-electron chi connectivity index (χ3n) is 3.78. The zero-order valence-electron chi connectivity index (χ0n) is 12.8. The zero-order valence-corrected chi connectivity index (χ0v) is 13.7. The first-order valence-electron chi connectivity index (χ1n) is 7.43. The number of para-hydroxylation sites is 1. The minimum absolute atomic E-state index is 0.0711. The SMILES string of the molecule is O=c1ccc2cc(S(=O)(=O)Nc3cccc4cccnc34)ccc2o1. The van der Waals surface area contributed by atoms with E-state index in [9.17, 15) is 13.2 Å². The second-order valence-corrected chi connectivity index (χ2v) is 7.12. The minimum atomic E-state index is -3.82. The van der Waals surface area contributed by atoms with Gasteiger partial charge < -0.3 is 4.42 Å². The number of hydrogen-bond acceptors (Lipinski definition) is 5. The fraction of sp³-hybridized carbons (Fsp3) is 0. The highest BCUT2D eigenvalue weighted by Crippen LogP contribution is 2.25. The molecule has 0 spiro atoms. The first-order chi connectivity index (χ1) is 12.0. The monoisotopic (exact) mass is 352 g/mol. The van der Waals surface area contributed by atoms with Crippen molar-refractivity contribution in [2.45, 2.75) is 4.90 Å². The number of benzene rings is 2. The average molecular weight is 352 g/mol. The molecule has 4 aromatic rings. The predicted octanol–water partition coefficient (Wildman–Crippen LogP) is 3.14. The Morgan fingerprint density at radius 2 is 1.76 bits per heavy atom. The molecule has 0 saturated carbocycles. The molecule has 0 amide bonds. The maximum Gasteiger partial charge on any atom is 0.336 e. The van der Waals surface area contributed by atoms with Crippen molar-refractivity contribution in [3.63, 3.8) is 0 Å². The van der Waals surface area contributed by atoms with Gasteiger partial charge in [-0.25, -0.2) is 13.2 Å². The van der Waals surface area contributed by atoms with Crippen LogP contribution in [0.3, 0.4) is 0 Å². The number of rotatable bonds is 3. The summed E-state index contributed by atoms with van der Waals surface area (Å²) < 4.78 is 33.0. The Labute approximate surface area is 142 Å². The quantitative estimate of drug-likeness (QED) is 0.572. The van der Waals surface area contributed by atoms with Crippen molar-refractivity contribution >= 4 is 37.6 Å². The third-order valence-corrected chi connectivity index (χ3v) is 5.14. The van der Waals surface area contributed by atoms with E-state index in [0.29, 0.717) is 22.2 Å². The van der Waals surface area contributed by atoms with E-state index < -0.39 is 15.6 Å². The molecule has 4 rings (SSSR count). The molecule has 0 aliphatic rings.